The number of amides is 2. The van der Waals surface area contributed by atoms with E-state index in [1.165, 1.54) is 0 Å². The molecule has 1 aromatic heterocycles. The summed E-state index contributed by atoms with van der Waals surface area (Å²) in [6, 6.07) is 9.32. The minimum atomic E-state index is -0.223. The van der Waals surface area contributed by atoms with E-state index >= 15 is 0 Å². The first-order valence-electron chi connectivity index (χ1n) is 6.77. The molecule has 20 heavy (non-hydrogen) atoms. The molecule has 2 rings (SSSR count). The molecule has 0 saturated heterocycles. The number of nitrogens with zero attached hydrogens (tertiary/aromatic N) is 1. The molecular formula is C15H19N3O2. The molecule has 0 saturated carbocycles. The number of aromatic nitrogens is 1. The van der Waals surface area contributed by atoms with Gasteiger partial charge in [0.1, 0.15) is 0 Å². The first kappa shape index (κ1) is 14.3. The quantitative estimate of drug-likeness (QED) is 0.795. The van der Waals surface area contributed by atoms with E-state index in [2.05, 4.69) is 15.6 Å². The van der Waals surface area contributed by atoms with Gasteiger partial charge in [-0.05, 0) is 25.5 Å². The molecule has 0 bridgehead atoms. The average molecular weight is 273 g/mol. The Morgan fingerprint density at radius 3 is 3.00 bits per heavy atom. The highest BCUT2D eigenvalue weighted by atomic mass is 16.5. The van der Waals surface area contributed by atoms with Crippen LogP contribution in [0, 0.1) is 0 Å². The molecule has 1 aromatic carbocycles. The second kappa shape index (κ2) is 7.45. The molecule has 0 aliphatic heterocycles. The topological polar surface area (TPSA) is 63.2 Å². The van der Waals surface area contributed by atoms with Crippen molar-refractivity contribution in [1.29, 1.82) is 0 Å². The van der Waals surface area contributed by atoms with E-state index in [4.69, 9.17) is 4.74 Å². The molecule has 2 N–H and O–H groups in total. The summed E-state index contributed by atoms with van der Waals surface area (Å²) >= 11 is 0. The number of para-hydroxylation sites is 1. The van der Waals surface area contributed by atoms with E-state index in [1.807, 2.05) is 37.3 Å². The third kappa shape index (κ3) is 3.93. The average Bonchev–Trinajstić information content (AvgIpc) is 2.47. The molecule has 106 valence electrons. The minimum Gasteiger partial charge on any atom is -0.382 e. The maximum absolute atomic E-state index is 11.8. The number of urea groups is 1. The van der Waals surface area contributed by atoms with Crippen LogP contribution >= 0.6 is 0 Å². The van der Waals surface area contributed by atoms with Crippen LogP contribution in [0.25, 0.3) is 10.9 Å². The van der Waals surface area contributed by atoms with Gasteiger partial charge in [-0.15, -0.1) is 0 Å². The molecule has 0 spiro atoms. The van der Waals surface area contributed by atoms with Crippen molar-refractivity contribution >= 4 is 22.6 Å². The Bertz CT molecular complexity index is 567. The summed E-state index contributed by atoms with van der Waals surface area (Å²) in [5.41, 5.74) is 1.50. The van der Waals surface area contributed by atoms with Gasteiger partial charge in [0.25, 0.3) is 0 Å². The van der Waals surface area contributed by atoms with Crippen molar-refractivity contribution in [2.24, 2.45) is 0 Å². The van der Waals surface area contributed by atoms with Crippen molar-refractivity contribution in [3.05, 3.63) is 36.5 Å². The SMILES string of the molecule is CCOCCCNC(=O)Nc1cccc2cccnc12. The molecule has 5 nitrogen and oxygen atoms in total. The molecule has 1 heterocycles. The molecule has 5 heteroatoms. The monoisotopic (exact) mass is 273 g/mol. The molecule has 0 aliphatic rings. The van der Waals surface area contributed by atoms with Crippen LogP contribution in [-0.4, -0.2) is 30.8 Å². The Kier molecular flexibility index (Phi) is 5.32. The zero-order valence-corrected chi connectivity index (χ0v) is 11.6. The van der Waals surface area contributed by atoms with Crippen molar-refractivity contribution in [3.8, 4) is 0 Å². The molecule has 0 radical (unpaired) electrons. The third-order valence-electron chi connectivity index (χ3n) is 2.84. The van der Waals surface area contributed by atoms with Crippen LogP contribution in [0.3, 0.4) is 0 Å². The van der Waals surface area contributed by atoms with Gasteiger partial charge in [0.15, 0.2) is 0 Å². The van der Waals surface area contributed by atoms with Crippen LogP contribution in [0.5, 0.6) is 0 Å². The summed E-state index contributed by atoms with van der Waals surface area (Å²) in [6.45, 7) is 3.90. The number of carbonyl (C=O) groups excluding carboxylic acids is 1. The molecular weight excluding hydrogens is 254 g/mol. The van der Waals surface area contributed by atoms with Crippen LogP contribution in [0.1, 0.15) is 13.3 Å². The normalized spacial score (nSPS) is 10.4. The molecule has 0 fully saturated rings. The van der Waals surface area contributed by atoms with Gasteiger partial charge in [0, 0.05) is 31.3 Å². The van der Waals surface area contributed by atoms with Crippen molar-refractivity contribution in [2.45, 2.75) is 13.3 Å². The van der Waals surface area contributed by atoms with E-state index in [-0.39, 0.29) is 6.03 Å². The number of hydrogen-bond donors (Lipinski definition) is 2. The summed E-state index contributed by atoms with van der Waals surface area (Å²) in [5, 5.41) is 6.62. The zero-order chi connectivity index (χ0) is 14.2. The number of nitrogens with one attached hydrogen (secondary N) is 2. The standard InChI is InChI=1S/C15H19N3O2/c1-2-20-11-5-10-17-15(19)18-13-8-3-6-12-7-4-9-16-14(12)13/h3-4,6-9H,2,5,10-11H2,1H3,(H2,17,18,19). The van der Waals surface area contributed by atoms with Crippen LogP contribution in [0.4, 0.5) is 10.5 Å². The second-order valence-corrected chi connectivity index (χ2v) is 4.31. The predicted molar refractivity (Wildman–Crippen MR) is 79.9 cm³/mol. The van der Waals surface area contributed by atoms with Crippen molar-refractivity contribution in [2.75, 3.05) is 25.1 Å². The summed E-state index contributed by atoms with van der Waals surface area (Å²) in [4.78, 5) is 16.1. The van der Waals surface area contributed by atoms with Crippen molar-refractivity contribution in [1.82, 2.24) is 10.3 Å². The highest BCUT2D eigenvalue weighted by Crippen LogP contribution is 2.20. The van der Waals surface area contributed by atoms with Gasteiger partial charge in [0.05, 0.1) is 11.2 Å². The number of anilines is 1. The van der Waals surface area contributed by atoms with Gasteiger partial charge >= 0.3 is 6.03 Å². The van der Waals surface area contributed by atoms with Gasteiger partial charge in [-0.25, -0.2) is 4.79 Å². The largest absolute Gasteiger partial charge is 0.382 e. The lowest BCUT2D eigenvalue weighted by molar-refractivity contribution is 0.145. The number of carbonyl (C=O) groups is 1. The lowest BCUT2D eigenvalue weighted by atomic mass is 10.2. The number of rotatable bonds is 6. The molecule has 0 atom stereocenters. The van der Waals surface area contributed by atoms with E-state index in [9.17, 15) is 4.79 Å². The van der Waals surface area contributed by atoms with Gasteiger partial charge in [-0.2, -0.15) is 0 Å². The highest BCUT2D eigenvalue weighted by Gasteiger charge is 2.05. The third-order valence-corrected chi connectivity index (χ3v) is 2.84. The van der Waals surface area contributed by atoms with E-state index in [0.29, 0.717) is 25.4 Å². The fourth-order valence-electron chi connectivity index (χ4n) is 1.89. The summed E-state index contributed by atoms with van der Waals surface area (Å²) < 4.78 is 5.21. The Labute approximate surface area is 118 Å². The zero-order valence-electron chi connectivity index (χ0n) is 11.6. The minimum absolute atomic E-state index is 0.223. The van der Waals surface area contributed by atoms with Crippen LogP contribution in [0.15, 0.2) is 36.5 Å². The van der Waals surface area contributed by atoms with E-state index in [0.717, 1.165) is 17.3 Å². The van der Waals surface area contributed by atoms with Crippen molar-refractivity contribution < 1.29 is 9.53 Å². The van der Waals surface area contributed by atoms with Gasteiger partial charge in [0.2, 0.25) is 0 Å². The van der Waals surface area contributed by atoms with Crippen molar-refractivity contribution in [3.63, 3.8) is 0 Å². The summed E-state index contributed by atoms with van der Waals surface area (Å²) in [6.07, 6.45) is 2.52. The van der Waals surface area contributed by atoms with Crippen LogP contribution in [-0.2, 0) is 4.74 Å². The van der Waals surface area contributed by atoms with Gasteiger partial charge < -0.3 is 15.4 Å². The molecule has 2 amide bonds. The molecule has 0 unspecified atom stereocenters. The number of fused-ring (bicyclic) bond motifs is 1. The number of pyridine rings is 1. The first-order valence-corrected chi connectivity index (χ1v) is 6.77. The molecule has 0 aliphatic carbocycles. The lowest BCUT2D eigenvalue weighted by Gasteiger charge is -2.09. The first-order chi connectivity index (χ1) is 9.81. The van der Waals surface area contributed by atoms with Crippen LogP contribution in [0.2, 0.25) is 0 Å². The summed E-state index contributed by atoms with van der Waals surface area (Å²) in [7, 11) is 0. The van der Waals surface area contributed by atoms with Gasteiger partial charge in [-0.1, -0.05) is 18.2 Å². The fourth-order valence-corrected chi connectivity index (χ4v) is 1.89. The van der Waals surface area contributed by atoms with Gasteiger partial charge in [-0.3, -0.25) is 4.98 Å². The van der Waals surface area contributed by atoms with E-state index < -0.39 is 0 Å². The Hall–Kier alpha value is -2.14. The Morgan fingerprint density at radius 2 is 2.15 bits per heavy atom. The van der Waals surface area contributed by atoms with E-state index in [1.54, 1.807) is 6.20 Å². The number of benzene rings is 1. The maximum Gasteiger partial charge on any atom is 0.319 e. The maximum atomic E-state index is 11.8. The smallest absolute Gasteiger partial charge is 0.319 e. The summed E-state index contributed by atoms with van der Waals surface area (Å²) in [5.74, 6) is 0. The number of ether oxygens (including phenoxy) is 1. The highest BCUT2D eigenvalue weighted by molar-refractivity contribution is 5.99. The lowest BCUT2D eigenvalue weighted by Crippen LogP contribution is -2.30. The Morgan fingerprint density at radius 1 is 1.30 bits per heavy atom. The molecule has 2 aromatic rings. The Balaban J connectivity index is 1.90. The fraction of sp³-hybridized carbons (Fsp3) is 0.333. The second-order valence-electron chi connectivity index (χ2n) is 4.31. The van der Waals surface area contributed by atoms with Crippen LogP contribution < -0.4 is 10.6 Å². The predicted octanol–water partition coefficient (Wildman–Crippen LogP) is 2.78. The number of hydrogen-bond acceptors (Lipinski definition) is 3.